The third kappa shape index (κ3) is 2.90. The lowest BCUT2D eigenvalue weighted by Crippen LogP contribution is -2.34. The number of nitrogens with zero attached hydrogens (tertiary/aromatic N) is 1. The first-order valence-electron chi connectivity index (χ1n) is 11.1. The zero-order valence-corrected chi connectivity index (χ0v) is 18.0. The minimum absolute atomic E-state index is 0.0349. The fourth-order valence-corrected chi connectivity index (χ4v) is 8.09. The van der Waals surface area contributed by atoms with Crippen LogP contribution in [0.4, 0.5) is 0 Å². The Labute approximate surface area is 177 Å². The van der Waals surface area contributed by atoms with Crippen LogP contribution in [0.15, 0.2) is 12.3 Å². The molecular formula is C22H28N2O5S. The van der Waals surface area contributed by atoms with Crippen LogP contribution >= 0.6 is 0 Å². The van der Waals surface area contributed by atoms with Crippen molar-refractivity contribution in [3.05, 3.63) is 23.4 Å². The number of methoxy groups -OCH3 is 1. The molecule has 5 saturated carbocycles. The fourth-order valence-electron chi connectivity index (χ4n) is 7.20. The first kappa shape index (κ1) is 19.0. The molecule has 0 saturated heterocycles. The number of nitrogens with one attached hydrogen (secondary N) is 1. The molecule has 1 amide bonds. The Morgan fingerprint density at radius 1 is 1.27 bits per heavy atom. The first-order chi connectivity index (χ1) is 14.4. The molecule has 1 aromatic heterocycles. The maximum absolute atomic E-state index is 12.5. The fraction of sp³-hybridized carbons (Fsp3) is 0.727. The van der Waals surface area contributed by atoms with Crippen LogP contribution in [0.5, 0.6) is 5.88 Å². The van der Waals surface area contributed by atoms with E-state index in [1.165, 1.54) is 32.6 Å². The lowest BCUT2D eigenvalue weighted by atomic mass is 9.76. The molecule has 7 nitrogen and oxygen atoms in total. The van der Waals surface area contributed by atoms with Crippen LogP contribution in [0.25, 0.3) is 0 Å². The van der Waals surface area contributed by atoms with E-state index < -0.39 is 15.9 Å². The SMILES string of the molecule is COCCS(=O)(=O)NC(=O)c1cnc(OCC23CC4CC(C2)C2C4C23)c(C2CC2)c1. The molecule has 0 aromatic carbocycles. The van der Waals surface area contributed by atoms with Gasteiger partial charge in [-0.25, -0.2) is 18.1 Å². The minimum Gasteiger partial charge on any atom is -0.477 e. The minimum atomic E-state index is -3.73. The Balaban J connectivity index is 1.17. The average molecular weight is 433 g/mol. The molecule has 8 heteroatoms. The van der Waals surface area contributed by atoms with E-state index in [2.05, 4.69) is 9.71 Å². The van der Waals surface area contributed by atoms with Gasteiger partial charge in [0.1, 0.15) is 0 Å². The predicted molar refractivity (Wildman–Crippen MR) is 109 cm³/mol. The van der Waals surface area contributed by atoms with Gasteiger partial charge in [0.05, 0.1) is 24.5 Å². The molecule has 0 spiro atoms. The second kappa shape index (κ2) is 6.42. The standard InChI is InChI=1S/C22H28N2O5S/c1-28-4-5-30(26,27)24-20(25)15-7-16(12-2-3-12)21(23-10-15)29-11-22-8-13-6-14(9-22)18-17(13)19(18)22/h7,10,12-14,17-19H,2-6,8-9,11H2,1H3,(H,24,25). The summed E-state index contributed by atoms with van der Waals surface area (Å²) >= 11 is 0. The van der Waals surface area contributed by atoms with Crippen molar-refractivity contribution in [1.29, 1.82) is 0 Å². The van der Waals surface area contributed by atoms with Gasteiger partial charge in [-0.1, -0.05) is 0 Å². The number of hydrogen-bond donors (Lipinski definition) is 1. The van der Waals surface area contributed by atoms with Gasteiger partial charge in [0, 0.05) is 24.3 Å². The van der Waals surface area contributed by atoms with Crippen molar-refractivity contribution < 1.29 is 22.7 Å². The molecule has 0 aliphatic heterocycles. The van der Waals surface area contributed by atoms with Gasteiger partial charge in [-0.2, -0.15) is 0 Å². The summed E-state index contributed by atoms with van der Waals surface area (Å²) in [6.07, 6.45) is 7.61. The van der Waals surface area contributed by atoms with Crippen LogP contribution in [0.1, 0.15) is 53.9 Å². The lowest BCUT2D eigenvalue weighted by molar-refractivity contribution is 0.0977. The topological polar surface area (TPSA) is 94.6 Å². The highest BCUT2D eigenvalue weighted by atomic mass is 32.2. The normalized spacial score (nSPS) is 37.4. The Kier molecular flexibility index (Phi) is 4.08. The Morgan fingerprint density at radius 2 is 2.00 bits per heavy atom. The van der Waals surface area contributed by atoms with E-state index in [-0.39, 0.29) is 17.9 Å². The van der Waals surface area contributed by atoms with Crippen LogP contribution in [0.2, 0.25) is 0 Å². The van der Waals surface area contributed by atoms with E-state index in [1.807, 2.05) is 0 Å². The molecule has 162 valence electrons. The van der Waals surface area contributed by atoms with Gasteiger partial charge in [0.25, 0.3) is 5.91 Å². The number of rotatable bonds is 9. The van der Waals surface area contributed by atoms with Crippen LogP contribution in [0.3, 0.4) is 0 Å². The maximum atomic E-state index is 12.5. The Morgan fingerprint density at radius 3 is 2.63 bits per heavy atom. The van der Waals surface area contributed by atoms with Gasteiger partial charge in [0.2, 0.25) is 15.9 Å². The molecule has 4 atom stereocenters. The van der Waals surface area contributed by atoms with Crippen LogP contribution in [0, 0.1) is 35.0 Å². The monoisotopic (exact) mass is 432 g/mol. The summed E-state index contributed by atoms with van der Waals surface area (Å²) in [5.74, 6) is 4.79. The van der Waals surface area contributed by atoms with Gasteiger partial charge in [-0.05, 0) is 73.7 Å². The molecule has 5 aliphatic carbocycles. The van der Waals surface area contributed by atoms with Gasteiger partial charge >= 0.3 is 0 Å². The maximum Gasteiger partial charge on any atom is 0.266 e. The molecule has 5 aliphatic rings. The number of aromatic nitrogens is 1. The smallest absolute Gasteiger partial charge is 0.266 e. The third-order valence-corrected chi connectivity index (χ3v) is 9.53. The number of pyridine rings is 1. The zero-order chi connectivity index (χ0) is 20.7. The molecule has 4 unspecified atom stereocenters. The summed E-state index contributed by atoms with van der Waals surface area (Å²) in [4.78, 5) is 16.9. The van der Waals surface area contributed by atoms with E-state index in [9.17, 15) is 13.2 Å². The van der Waals surface area contributed by atoms with Gasteiger partial charge in [0.15, 0.2) is 0 Å². The van der Waals surface area contributed by atoms with E-state index in [0.29, 0.717) is 17.2 Å². The van der Waals surface area contributed by atoms with Gasteiger partial charge < -0.3 is 9.47 Å². The van der Waals surface area contributed by atoms with Crippen molar-refractivity contribution in [3.63, 3.8) is 0 Å². The van der Waals surface area contributed by atoms with E-state index in [1.54, 1.807) is 6.07 Å². The summed E-state index contributed by atoms with van der Waals surface area (Å²) in [7, 11) is -2.31. The van der Waals surface area contributed by atoms with E-state index in [4.69, 9.17) is 9.47 Å². The summed E-state index contributed by atoms with van der Waals surface area (Å²) < 4.78 is 37.2. The van der Waals surface area contributed by atoms with Crippen molar-refractivity contribution in [2.75, 3.05) is 26.1 Å². The second-order valence-corrected chi connectivity index (χ2v) is 12.0. The quantitative estimate of drug-likeness (QED) is 0.644. The van der Waals surface area contributed by atoms with Crippen LogP contribution < -0.4 is 9.46 Å². The average Bonchev–Trinajstić information content (AvgIpc) is 3.61. The number of sulfonamides is 1. The highest BCUT2D eigenvalue weighted by molar-refractivity contribution is 7.90. The second-order valence-electron chi connectivity index (χ2n) is 10.1. The zero-order valence-electron chi connectivity index (χ0n) is 17.2. The van der Waals surface area contributed by atoms with Crippen molar-refractivity contribution in [1.82, 2.24) is 9.71 Å². The van der Waals surface area contributed by atoms with Crippen molar-refractivity contribution in [2.45, 2.75) is 38.0 Å². The summed E-state index contributed by atoms with van der Waals surface area (Å²) in [6.45, 7) is 0.772. The molecule has 0 radical (unpaired) electrons. The molecule has 1 aromatic rings. The molecule has 6 rings (SSSR count). The molecule has 1 N–H and O–H groups in total. The third-order valence-electron chi connectivity index (χ3n) is 8.33. The molecule has 5 fully saturated rings. The summed E-state index contributed by atoms with van der Waals surface area (Å²) in [6, 6.07) is 1.77. The molecule has 0 bridgehead atoms. The van der Waals surface area contributed by atoms with Gasteiger partial charge in [-0.3, -0.25) is 4.79 Å². The van der Waals surface area contributed by atoms with Crippen molar-refractivity contribution in [3.8, 4) is 5.88 Å². The molecule has 1 heterocycles. The van der Waals surface area contributed by atoms with Crippen molar-refractivity contribution in [2.24, 2.45) is 35.0 Å². The number of hydrogen-bond acceptors (Lipinski definition) is 6. The molecular weight excluding hydrogens is 404 g/mol. The van der Waals surface area contributed by atoms with Crippen LogP contribution in [-0.2, 0) is 14.8 Å². The number of amides is 1. The predicted octanol–water partition coefficient (Wildman–Crippen LogP) is 2.34. The van der Waals surface area contributed by atoms with E-state index >= 15 is 0 Å². The number of carbonyl (C=O) groups excluding carboxylic acids is 1. The summed E-state index contributed by atoms with van der Waals surface area (Å²) in [5, 5.41) is 0. The van der Waals surface area contributed by atoms with E-state index in [0.717, 1.165) is 54.6 Å². The first-order valence-corrected chi connectivity index (χ1v) is 12.7. The number of carbonyl (C=O) groups is 1. The Bertz CT molecular complexity index is 983. The van der Waals surface area contributed by atoms with Crippen molar-refractivity contribution >= 4 is 15.9 Å². The van der Waals surface area contributed by atoms with Crippen LogP contribution in [-0.4, -0.2) is 45.4 Å². The van der Waals surface area contributed by atoms with Gasteiger partial charge in [-0.15, -0.1) is 0 Å². The summed E-state index contributed by atoms with van der Waals surface area (Å²) in [5.41, 5.74) is 1.56. The number of ether oxygens (including phenoxy) is 2. The lowest BCUT2D eigenvalue weighted by Gasteiger charge is -2.32. The largest absolute Gasteiger partial charge is 0.477 e. The Hall–Kier alpha value is -1.67. The molecule has 30 heavy (non-hydrogen) atoms. The highest BCUT2D eigenvalue weighted by Crippen LogP contribution is 2.84. The highest BCUT2D eigenvalue weighted by Gasteiger charge is 2.79.